The van der Waals surface area contributed by atoms with Crippen molar-refractivity contribution in [2.75, 3.05) is 58.3 Å². The van der Waals surface area contributed by atoms with Gasteiger partial charge in [0.25, 0.3) is 0 Å². The fraction of sp³-hybridized carbons (Fsp3) is 0.500. The van der Waals surface area contributed by atoms with E-state index in [2.05, 4.69) is 5.32 Å². The summed E-state index contributed by atoms with van der Waals surface area (Å²) in [6.45, 7) is 2.96. The van der Waals surface area contributed by atoms with Crippen molar-refractivity contribution in [3.63, 3.8) is 0 Å². The smallest absolute Gasteiger partial charge is 0.312 e. The Morgan fingerprint density at radius 1 is 1.17 bits per heavy atom. The van der Waals surface area contributed by atoms with Crippen LogP contribution >= 0.6 is 0 Å². The van der Waals surface area contributed by atoms with Crippen molar-refractivity contribution in [2.45, 2.75) is 0 Å². The standard InChI is InChI=1S/C16H23FN4O2/c1-19(2)8-7-18-15(22)16(23)21-11-9-20(10-12-21)14-6-4-3-5-13(14)17/h3-6H,7-12H2,1-2H3,(H,18,22). The van der Waals surface area contributed by atoms with E-state index in [0.29, 0.717) is 45.0 Å². The summed E-state index contributed by atoms with van der Waals surface area (Å²) in [5.74, 6) is -1.36. The molecule has 2 rings (SSSR count). The third-order valence-electron chi connectivity index (χ3n) is 3.80. The van der Waals surface area contributed by atoms with Crippen molar-refractivity contribution < 1.29 is 14.0 Å². The van der Waals surface area contributed by atoms with Crippen LogP contribution in [-0.4, -0.2) is 75.0 Å². The number of carbonyl (C=O) groups excluding carboxylic acids is 2. The molecule has 1 N–H and O–H groups in total. The minimum absolute atomic E-state index is 0.270. The molecule has 126 valence electrons. The van der Waals surface area contributed by atoms with Gasteiger partial charge < -0.3 is 20.0 Å². The number of halogens is 1. The molecule has 6 nitrogen and oxygen atoms in total. The lowest BCUT2D eigenvalue weighted by Crippen LogP contribution is -2.53. The highest BCUT2D eigenvalue weighted by molar-refractivity contribution is 6.35. The molecular formula is C16H23FN4O2. The summed E-state index contributed by atoms with van der Waals surface area (Å²) in [5.41, 5.74) is 0.537. The van der Waals surface area contributed by atoms with E-state index in [4.69, 9.17) is 0 Å². The van der Waals surface area contributed by atoms with Crippen molar-refractivity contribution in [1.82, 2.24) is 15.1 Å². The van der Waals surface area contributed by atoms with Crippen molar-refractivity contribution in [2.24, 2.45) is 0 Å². The van der Waals surface area contributed by atoms with Gasteiger partial charge in [0, 0.05) is 39.3 Å². The predicted octanol–water partition coefficient (Wildman–Crippen LogP) is 0.152. The molecule has 0 spiro atoms. The monoisotopic (exact) mass is 322 g/mol. The summed E-state index contributed by atoms with van der Waals surface area (Å²) in [6.07, 6.45) is 0. The lowest BCUT2D eigenvalue weighted by atomic mass is 10.2. The number of hydrogen-bond acceptors (Lipinski definition) is 4. The Bertz CT molecular complexity index is 557. The van der Waals surface area contributed by atoms with Crippen LogP contribution in [0, 0.1) is 5.82 Å². The topological polar surface area (TPSA) is 55.9 Å². The van der Waals surface area contributed by atoms with Crippen LogP contribution in [0.15, 0.2) is 24.3 Å². The van der Waals surface area contributed by atoms with E-state index in [1.165, 1.54) is 11.0 Å². The highest BCUT2D eigenvalue weighted by atomic mass is 19.1. The first-order chi connectivity index (χ1) is 11.0. The number of nitrogens with zero attached hydrogens (tertiary/aromatic N) is 3. The van der Waals surface area contributed by atoms with Gasteiger partial charge in [-0.2, -0.15) is 0 Å². The number of benzene rings is 1. The number of piperazine rings is 1. The molecule has 23 heavy (non-hydrogen) atoms. The third-order valence-corrected chi connectivity index (χ3v) is 3.80. The molecule has 0 radical (unpaired) electrons. The average Bonchev–Trinajstić information content (AvgIpc) is 2.54. The van der Waals surface area contributed by atoms with E-state index in [0.717, 1.165) is 0 Å². The Morgan fingerprint density at radius 2 is 1.83 bits per heavy atom. The second-order valence-electron chi connectivity index (χ2n) is 5.79. The second kappa shape index (κ2) is 7.92. The molecule has 0 atom stereocenters. The number of amides is 2. The quantitative estimate of drug-likeness (QED) is 0.802. The second-order valence-corrected chi connectivity index (χ2v) is 5.79. The van der Waals surface area contributed by atoms with Crippen LogP contribution in [0.2, 0.25) is 0 Å². The molecule has 1 aromatic rings. The molecule has 1 saturated heterocycles. The molecule has 1 aliphatic heterocycles. The maximum Gasteiger partial charge on any atom is 0.312 e. The summed E-state index contributed by atoms with van der Waals surface area (Å²) in [4.78, 5) is 29.3. The van der Waals surface area contributed by atoms with Crippen molar-refractivity contribution in [3.05, 3.63) is 30.1 Å². The van der Waals surface area contributed by atoms with Gasteiger partial charge in [0.05, 0.1) is 5.69 Å². The summed E-state index contributed by atoms with van der Waals surface area (Å²) >= 11 is 0. The molecule has 2 amide bonds. The summed E-state index contributed by atoms with van der Waals surface area (Å²) in [6, 6.07) is 6.58. The molecule has 0 saturated carbocycles. The summed E-state index contributed by atoms with van der Waals surface area (Å²) in [7, 11) is 3.80. The molecule has 1 fully saturated rings. The van der Waals surface area contributed by atoms with E-state index in [9.17, 15) is 14.0 Å². The van der Waals surface area contributed by atoms with Crippen molar-refractivity contribution in [1.29, 1.82) is 0 Å². The molecular weight excluding hydrogens is 299 g/mol. The van der Waals surface area contributed by atoms with Crippen molar-refractivity contribution >= 4 is 17.5 Å². The fourth-order valence-electron chi connectivity index (χ4n) is 2.47. The first kappa shape index (κ1) is 17.2. The lowest BCUT2D eigenvalue weighted by molar-refractivity contribution is -0.146. The van der Waals surface area contributed by atoms with Gasteiger partial charge in [-0.15, -0.1) is 0 Å². The number of carbonyl (C=O) groups is 2. The maximum absolute atomic E-state index is 13.8. The third kappa shape index (κ3) is 4.66. The molecule has 0 aliphatic carbocycles. The van der Waals surface area contributed by atoms with Gasteiger partial charge >= 0.3 is 11.8 Å². The number of hydrogen-bond donors (Lipinski definition) is 1. The fourth-order valence-corrected chi connectivity index (χ4v) is 2.47. The van der Waals surface area contributed by atoms with Crippen LogP contribution in [0.25, 0.3) is 0 Å². The number of nitrogens with one attached hydrogen (secondary N) is 1. The summed E-state index contributed by atoms with van der Waals surface area (Å²) < 4.78 is 13.8. The van der Waals surface area contributed by atoms with Crippen LogP contribution in [0.1, 0.15) is 0 Å². The SMILES string of the molecule is CN(C)CCNC(=O)C(=O)N1CCN(c2ccccc2F)CC1. The van der Waals surface area contributed by atoms with Gasteiger partial charge in [0.15, 0.2) is 0 Å². The molecule has 0 bridgehead atoms. The van der Waals surface area contributed by atoms with Gasteiger partial charge in [-0.3, -0.25) is 9.59 Å². The number of para-hydroxylation sites is 1. The molecule has 0 aromatic heterocycles. The number of likely N-dealkylation sites (N-methyl/N-ethyl adjacent to an activating group) is 1. The molecule has 0 unspecified atom stereocenters. The van der Waals surface area contributed by atoms with Crippen LogP contribution in [0.3, 0.4) is 0 Å². The van der Waals surface area contributed by atoms with Crippen molar-refractivity contribution in [3.8, 4) is 0 Å². The zero-order valence-corrected chi connectivity index (χ0v) is 13.6. The minimum atomic E-state index is -0.578. The molecule has 1 heterocycles. The normalized spacial score (nSPS) is 15.0. The Labute approximate surface area is 135 Å². The summed E-state index contributed by atoms with van der Waals surface area (Å²) in [5, 5.41) is 2.62. The zero-order chi connectivity index (χ0) is 16.8. The largest absolute Gasteiger partial charge is 0.366 e. The van der Waals surface area contributed by atoms with Crippen LogP contribution in [-0.2, 0) is 9.59 Å². The molecule has 1 aromatic carbocycles. The zero-order valence-electron chi connectivity index (χ0n) is 13.6. The van der Waals surface area contributed by atoms with E-state index >= 15 is 0 Å². The molecule has 7 heteroatoms. The van der Waals surface area contributed by atoms with E-state index < -0.39 is 11.8 Å². The molecule has 1 aliphatic rings. The van der Waals surface area contributed by atoms with Crippen LogP contribution in [0.5, 0.6) is 0 Å². The Kier molecular flexibility index (Phi) is 5.92. The van der Waals surface area contributed by atoms with Crippen LogP contribution < -0.4 is 10.2 Å². The Hall–Kier alpha value is -2.15. The predicted molar refractivity (Wildman–Crippen MR) is 86.8 cm³/mol. The van der Waals surface area contributed by atoms with Gasteiger partial charge in [0.1, 0.15) is 5.82 Å². The first-order valence-corrected chi connectivity index (χ1v) is 7.70. The van der Waals surface area contributed by atoms with Crippen LogP contribution in [0.4, 0.5) is 10.1 Å². The highest BCUT2D eigenvalue weighted by Gasteiger charge is 2.26. The first-order valence-electron chi connectivity index (χ1n) is 7.70. The van der Waals surface area contributed by atoms with Gasteiger partial charge in [0.2, 0.25) is 0 Å². The average molecular weight is 322 g/mol. The number of anilines is 1. The van der Waals surface area contributed by atoms with Gasteiger partial charge in [-0.05, 0) is 26.2 Å². The highest BCUT2D eigenvalue weighted by Crippen LogP contribution is 2.20. The minimum Gasteiger partial charge on any atom is -0.366 e. The lowest BCUT2D eigenvalue weighted by Gasteiger charge is -2.35. The van der Waals surface area contributed by atoms with Gasteiger partial charge in [-0.25, -0.2) is 4.39 Å². The number of rotatable bonds is 4. The Balaban J connectivity index is 1.83. The van der Waals surface area contributed by atoms with E-state index in [1.54, 1.807) is 18.2 Å². The van der Waals surface area contributed by atoms with Gasteiger partial charge in [-0.1, -0.05) is 12.1 Å². The van der Waals surface area contributed by atoms with E-state index in [-0.39, 0.29) is 5.82 Å². The van der Waals surface area contributed by atoms with E-state index in [1.807, 2.05) is 23.9 Å². The Morgan fingerprint density at radius 3 is 2.43 bits per heavy atom. The maximum atomic E-state index is 13.8.